The first-order chi connectivity index (χ1) is 8.21. The Hall–Kier alpha value is -0.610. The topological polar surface area (TPSA) is 44.4 Å². The molecule has 0 radical (unpaired) electrons. The van der Waals surface area contributed by atoms with E-state index in [2.05, 4.69) is 29.4 Å². The second-order valence-corrected chi connectivity index (χ2v) is 4.77. The van der Waals surface area contributed by atoms with Gasteiger partial charge in [-0.1, -0.05) is 13.8 Å². The van der Waals surface area contributed by atoms with Crippen molar-refractivity contribution in [1.82, 2.24) is 15.5 Å². The normalized spacial score (nSPS) is 25.8. The third kappa shape index (κ3) is 4.64. The molecule has 0 aromatic rings. The van der Waals surface area contributed by atoms with Crippen LogP contribution in [0.4, 0.5) is 0 Å². The number of nitrogens with zero attached hydrogens (tertiary/aromatic N) is 1. The van der Waals surface area contributed by atoms with Gasteiger partial charge in [0.1, 0.15) is 0 Å². The summed E-state index contributed by atoms with van der Waals surface area (Å²) in [5, 5.41) is 6.43. The molecule has 1 amide bonds. The quantitative estimate of drug-likeness (QED) is 0.728. The van der Waals surface area contributed by atoms with Gasteiger partial charge in [0.15, 0.2) is 0 Å². The van der Waals surface area contributed by atoms with Crippen molar-refractivity contribution in [2.45, 2.75) is 52.1 Å². The lowest BCUT2D eigenvalue weighted by Gasteiger charge is -2.39. The molecular formula is C13H27N3O. The molecule has 1 aliphatic heterocycles. The van der Waals surface area contributed by atoms with Crippen molar-refractivity contribution in [3.63, 3.8) is 0 Å². The molecule has 0 bridgehead atoms. The van der Waals surface area contributed by atoms with Crippen LogP contribution in [0.3, 0.4) is 0 Å². The van der Waals surface area contributed by atoms with Gasteiger partial charge in [0.25, 0.3) is 0 Å². The van der Waals surface area contributed by atoms with Crippen molar-refractivity contribution in [3.05, 3.63) is 0 Å². The SMILES string of the molecule is CCNC(=O)CCN1CC(CC)NCC1CC. The van der Waals surface area contributed by atoms with Crippen molar-refractivity contribution >= 4 is 5.91 Å². The molecule has 0 saturated carbocycles. The zero-order valence-electron chi connectivity index (χ0n) is 11.5. The minimum absolute atomic E-state index is 0.175. The molecule has 0 aromatic carbocycles. The molecule has 1 aliphatic rings. The lowest BCUT2D eigenvalue weighted by molar-refractivity contribution is -0.121. The van der Waals surface area contributed by atoms with Gasteiger partial charge in [0.05, 0.1) is 0 Å². The van der Waals surface area contributed by atoms with Gasteiger partial charge in [-0.05, 0) is 19.8 Å². The van der Waals surface area contributed by atoms with E-state index < -0.39 is 0 Å². The molecule has 1 fully saturated rings. The molecule has 17 heavy (non-hydrogen) atoms. The minimum atomic E-state index is 0.175. The Kier molecular flexibility index (Phi) is 6.52. The third-order valence-corrected chi connectivity index (χ3v) is 3.58. The Labute approximate surface area is 105 Å². The van der Waals surface area contributed by atoms with Crippen LogP contribution in [0.2, 0.25) is 0 Å². The van der Waals surface area contributed by atoms with Gasteiger partial charge in [-0.3, -0.25) is 9.69 Å². The number of carbonyl (C=O) groups excluding carboxylic acids is 1. The predicted octanol–water partition coefficient (Wildman–Crippen LogP) is 0.975. The van der Waals surface area contributed by atoms with E-state index in [1.54, 1.807) is 0 Å². The van der Waals surface area contributed by atoms with Gasteiger partial charge >= 0.3 is 0 Å². The zero-order chi connectivity index (χ0) is 12.7. The van der Waals surface area contributed by atoms with Crippen molar-refractivity contribution in [2.24, 2.45) is 0 Å². The molecule has 4 heteroatoms. The van der Waals surface area contributed by atoms with Gasteiger partial charge in [-0.25, -0.2) is 0 Å². The molecule has 2 atom stereocenters. The number of carbonyl (C=O) groups is 1. The monoisotopic (exact) mass is 241 g/mol. The Balaban J connectivity index is 2.38. The van der Waals surface area contributed by atoms with E-state index in [1.807, 2.05) is 6.92 Å². The average molecular weight is 241 g/mol. The molecular weight excluding hydrogens is 214 g/mol. The summed E-state index contributed by atoms with van der Waals surface area (Å²) in [6.45, 7) is 10.2. The second kappa shape index (κ2) is 7.67. The molecule has 100 valence electrons. The maximum atomic E-state index is 11.5. The highest BCUT2D eigenvalue weighted by molar-refractivity contribution is 5.75. The summed E-state index contributed by atoms with van der Waals surface area (Å²) in [4.78, 5) is 14.0. The van der Waals surface area contributed by atoms with Gasteiger partial charge in [-0.15, -0.1) is 0 Å². The largest absolute Gasteiger partial charge is 0.356 e. The van der Waals surface area contributed by atoms with E-state index in [0.29, 0.717) is 18.5 Å². The minimum Gasteiger partial charge on any atom is -0.356 e. The van der Waals surface area contributed by atoms with Crippen LogP contribution in [-0.4, -0.2) is 49.1 Å². The fraction of sp³-hybridized carbons (Fsp3) is 0.923. The molecule has 0 aromatic heterocycles. The van der Waals surface area contributed by atoms with Crippen LogP contribution in [0.1, 0.15) is 40.0 Å². The van der Waals surface area contributed by atoms with Crippen LogP contribution in [0, 0.1) is 0 Å². The number of rotatable bonds is 6. The van der Waals surface area contributed by atoms with Crippen molar-refractivity contribution in [1.29, 1.82) is 0 Å². The first-order valence-electron chi connectivity index (χ1n) is 6.95. The highest BCUT2D eigenvalue weighted by Gasteiger charge is 2.25. The fourth-order valence-electron chi connectivity index (χ4n) is 2.41. The van der Waals surface area contributed by atoms with E-state index in [9.17, 15) is 4.79 Å². The molecule has 0 spiro atoms. The van der Waals surface area contributed by atoms with Gasteiger partial charge in [-0.2, -0.15) is 0 Å². The second-order valence-electron chi connectivity index (χ2n) is 4.77. The summed E-state index contributed by atoms with van der Waals surface area (Å²) in [7, 11) is 0. The standard InChI is InChI=1S/C13H27N3O/c1-4-11-10-16(12(5-2)9-15-11)8-7-13(17)14-6-3/h11-12,15H,4-10H2,1-3H3,(H,14,17). The van der Waals surface area contributed by atoms with Crippen LogP contribution in [0.25, 0.3) is 0 Å². The number of hydrogen-bond acceptors (Lipinski definition) is 3. The van der Waals surface area contributed by atoms with E-state index in [-0.39, 0.29) is 5.91 Å². The average Bonchev–Trinajstić information content (AvgIpc) is 2.36. The maximum absolute atomic E-state index is 11.5. The number of amides is 1. The smallest absolute Gasteiger partial charge is 0.221 e. The molecule has 2 unspecified atom stereocenters. The Morgan fingerprint density at radius 3 is 2.71 bits per heavy atom. The van der Waals surface area contributed by atoms with E-state index >= 15 is 0 Å². The van der Waals surface area contributed by atoms with Gasteiger partial charge in [0, 0.05) is 44.7 Å². The molecule has 2 N–H and O–H groups in total. The van der Waals surface area contributed by atoms with E-state index in [0.717, 1.165) is 39.0 Å². The van der Waals surface area contributed by atoms with Crippen LogP contribution < -0.4 is 10.6 Å². The summed E-state index contributed by atoms with van der Waals surface area (Å²) in [5.41, 5.74) is 0. The molecule has 0 aliphatic carbocycles. The van der Waals surface area contributed by atoms with Crippen molar-refractivity contribution < 1.29 is 4.79 Å². The summed E-state index contributed by atoms with van der Waals surface area (Å²) in [6.07, 6.45) is 2.94. The first kappa shape index (κ1) is 14.5. The summed E-state index contributed by atoms with van der Waals surface area (Å²) < 4.78 is 0. The molecule has 1 saturated heterocycles. The molecule has 1 heterocycles. The molecule has 4 nitrogen and oxygen atoms in total. The van der Waals surface area contributed by atoms with Crippen LogP contribution in [0.15, 0.2) is 0 Å². The summed E-state index contributed by atoms with van der Waals surface area (Å²) in [6, 6.07) is 1.18. The lowest BCUT2D eigenvalue weighted by Crippen LogP contribution is -2.56. The van der Waals surface area contributed by atoms with E-state index in [1.165, 1.54) is 0 Å². The first-order valence-corrected chi connectivity index (χ1v) is 6.95. The summed E-state index contributed by atoms with van der Waals surface area (Å²) >= 11 is 0. The lowest BCUT2D eigenvalue weighted by atomic mass is 10.0. The van der Waals surface area contributed by atoms with Crippen molar-refractivity contribution in [2.75, 3.05) is 26.2 Å². The van der Waals surface area contributed by atoms with Crippen LogP contribution in [-0.2, 0) is 4.79 Å². The highest BCUT2D eigenvalue weighted by Crippen LogP contribution is 2.12. The Bertz CT molecular complexity index is 233. The number of nitrogens with one attached hydrogen (secondary N) is 2. The van der Waals surface area contributed by atoms with E-state index in [4.69, 9.17) is 0 Å². The van der Waals surface area contributed by atoms with Gasteiger partial charge < -0.3 is 10.6 Å². The Morgan fingerprint density at radius 1 is 1.35 bits per heavy atom. The number of piperazine rings is 1. The third-order valence-electron chi connectivity index (χ3n) is 3.58. The predicted molar refractivity (Wildman–Crippen MR) is 71.0 cm³/mol. The van der Waals surface area contributed by atoms with Crippen LogP contribution in [0.5, 0.6) is 0 Å². The fourth-order valence-corrected chi connectivity index (χ4v) is 2.41. The van der Waals surface area contributed by atoms with Gasteiger partial charge in [0.2, 0.25) is 5.91 Å². The number of hydrogen-bond donors (Lipinski definition) is 2. The summed E-state index contributed by atoms with van der Waals surface area (Å²) in [5.74, 6) is 0.175. The molecule has 1 rings (SSSR count). The Morgan fingerprint density at radius 2 is 2.12 bits per heavy atom. The maximum Gasteiger partial charge on any atom is 0.221 e. The highest BCUT2D eigenvalue weighted by atomic mass is 16.1. The zero-order valence-corrected chi connectivity index (χ0v) is 11.5. The van der Waals surface area contributed by atoms with Crippen LogP contribution >= 0.6 is 0 Å². The van der Waals surface area contributed by atoms with Crippen molar-refractivity contribution in [3.8, 4) is 0 Å².